The van der Waals surface area contributed by atoms with Crippen molar-refractivity contribution in [1.82, 2.24) is 20.2 Å². The largest absolute Gasteiger partial charge is 0.410 e. The Morgan fingerprint density at radius 3 is 2.95 bits per heavy atom. The molecular formula is C10H6ClN5OS2. The third kappa shape index (κ3) is 2.86. The smallest absolute Gasteiger partial charge is 0.283 e. The Morgan fingerprint density at radius 1 is 1.32 bits per heavy atom. The molecular weight excluding hydrogens is 306 g/mol. The van der Waals surface area contributed by atoms with Crippen molar-refractivity contribution >= 4 is 40.6 Å². The minimum absolute atomic E-state index is 0.105. The highest BCUT2D eigenvalue weighted by Crippen LogP contribution is 2.30. The Bertz CT molecular complexity index is 680. The second-order valence-electron chi connectivity index (χ2n) is 3.34. The molecule has 3 aromatic heterocycles. The molecule has 0 aliphatic rings. The highest BCUT2D eigenvalue weighted by Gasteiger charge is 2.12. The van der Waals surface area contributed by atoms with Gasteiger partial charge in [0.15, 0.2) is 0 Å². The van der Waals surface area contributed by atoms with Crippen molar-refractivity contribution in [2.45, 2.75) is 10.2 Å². The van der Waals surface area contributed by atoms with Crippen LogP contribution in [0.4, 0.5) is 5.95 Å². The van der Waals surface area contributed by atoms with Gasteiger partial charge < -0.3 is 10.2 Å². The van der Waals surface area contributed by atoms with Crippen LogP contribution in [0, 0.1) is 0 Å². The summed E-state index contributed by atoms with van der Waals surface area (Å²) >= 11 is 8.50. The van der Waals surface area contributed by atoms with Crippen LogP contribution in [-0.4, -0.2) is 20.2 Å². The first-order valence-electron chi connectivity index (χ1n) is 5.06. The molecule has 0 unspecified atom stereocenters. The van der Waals surface area contributed by atoms with Crippen LogP contribution in [-0.2, 0) is 0 Å². The van der Waals surface area contributed by atoms with E-state index in [2.05, 4.69) is 20.2 Å². The van der Waals surface area contributed by atoms with Gasteiger partial charge in [-0.2, -0.15) is 0 Å². The SMILES string of the molecule is Nc1nc(Cl)cc(Sc2nnc(-c3cccs3)o2)n1. The lowest BCUT2D eigenvalue weighted by Crippen LogP contribution is -1.95. The predicted octanol–water partition coefficient (Wildman–Crippen LogP) is 2.97. The lowest BCUT2D eigenvalue weighted by molar-refractivity contribution is 0.466. The van der Waals surface area contributed by atoms with E-state index in [1.54, 1.807) is 6.07 Å². The van der Waals surface area contributed by atoms with Gasteiger partial charge in [-0.3, -0.25) is 0 Å². The number of nitrogens with zero attached hydrogens (tertiary/aromatic N) is 4. The van der Waals surface area contributed by atoms with Gasteiger partial charge in [0.25, 0.3) is 11.1 Å². The Kier molecular flexibility index (Phi) is 3.36. The molecule has 2 N–H and O–H groups in total. The highest BCUT2D eigenvalue weighted by atomic mass is 35.5. The van der Waals surface area contributed by atoms with E-state index in [4.69, 9.17) is 21.8 Å². The fourth-order valence-electron chi connectivity index (χ4n) is 1.31. The van der Waals surface area contributed by atoms with Gasteiger partial charge in [-0.25, -0.2) is 9.97 Å². The molecule has 0 fully saturated rings. The molecule has 0 radical (unpaired) electrons. The van der Waals surface area contributed by atoms with Crippen molar-refractivity contribution in [3.8, 4) is 10.8 Å². The first-order valence-corrected chi connectivity index (χ1v) is 7.13. The number of anilines is 1. The number of aromatic nitrogens is 4. The summed E-state index contributed by atoms with van der Waals surface area (Å²) in [5.74, 6) is 0.582. The maximum atomic E-state index is 5.79. The van der Waals surface area contributed by atoms with E-state index in [1.165, 1.54) is 23.1 Å². The normalized spacial score (nSPS) is 10.8. The third-order valence-corrected chi connectivity index (χ3v) is 3.83. The molecule has 3 rings (SSSR count). The first kappa shape index (κ1) is 12.4. The predicted molar refractivity (Wildman–Crippen MR) is 73.2 cm³/mol. The van der Waals surface area contributed by atoms with E-state index in [1.807, 2.05) is 17.5 Å². The molecule has 0 bridgehead atoms. The number of halogens is 1. The van der Waals surface area contributed by atoms with Crippen molar-refractivity contribution in [3.05, 3.63) is 28.7 Å². The first-order chi connectivity index (χ1) is 9.20. The third-order valence-electron chi connectivity index (χ3n) is 2.02. The van der Waals surface area contributed by atoms with Gasteiger partial charge >= 0.3 is 0 Å². The van der Waals surface area contributed by atoms with Crippen molar-refractivity contribution in [3.63, 3.8) is 0 Å². The summed E-state index contributed by atoms with van der Waals surface area (Å²) < 4.78 is 5.52. The number of thiophene rings is 1. The lowest BCUT2D eigenvalue weighted by atomic mass is 10.5. The molecule has 19 heavy (non-hydrogen) atoms. The van der Waals surface area contributed by atoms with Crippen molar-refractivity contribution in [1.29, 1.82) is 0 Å². The molecule has 0 spiro atoms. The van der Waals surface area contributed by atoms with Gasteiger partial charge in [-0.1, -0.05) is 17.7 Å². The molecule has 0 amide bonds. The summed E-state index contributed by atoms with van der Waals surface area (Å²) in [5.41, 5.74) is 5.51. The number of hydrogen-bond acceptors (Lipinski definition) is 8. The summed E-state index contributed by atoms with van der Waals surface area (Å²) in [6.45, 7) is 0. The molecule has 0 aliphatic heterocycles. The van der Waals surface area contributed by atoms with Crippen molar-refractivity contribution in [2.75, 3.05) is 5.73 Å². The van der Waals surface area contributed by atoms with Gasteiger partial charge in [-0.15, -0.1) is 21.5 Å². The number of nitrogens with two attached hydrogens (primary N) is 1. The van der Waals surface area contributed by atoms with E-state index in [-0.39, 0.29) is 11.1 Å². The van der Waals surface area contributed by atoms with Crippen LogP contribution in [0.1, 0.15) is 0 Å². The maximum Gasteiger partial charge on any atom is 0.283 e. The minimum Gasteiger partial charge on any atom is -0.410 e. The maximum absolute atomic E-state index is 5.79. The van der Waals surface area contributed by atoms with Gasteiger partial charge in [0, 0.05) is 6.07 Å². The van der Waals surface area contributed by atoms with Gasteiger partial charge in [0.05, 0.1) is 4.88 Å². The minimum atomic E-state index is 0.105. The molecule has 6 nitrogen and oxygen atoms in total. The second kappa shape index (κ2) is 5.16. The molecule has 0 saturated carbocycles. The zero-order valence-corrected chi connectivity index (χ0v) is 11.7. The topological polar surface area (TPSA) is 90.7 Å². The van der Waals surface area contributed by atoms with Crippen LogP contribution < -0.4 is 5.73 Å². The van der Waals surface area contributed by atoms with E-state index in [0.717, 1.165) is 4.88 Å². The van der Waals surface area contributed by atoms with Gasteiger partial charge in [0.1, 0.15) is 10.2 Å². The Balaban J connectivity index is 1.84. The molecule has 3 heterocycles. The molecule has 3 aromatic rings. The van der Waals surface area contributed by atoms with Crippen LogP contribution in [0.25, 0.3) is 10.8 Å². The Morgan fingerprint density at radius 2 is 2.21 bits per heavy atom. The molecule has 96 valence electrons. The molecule has 0 aliphatic carbocycles. The van der Waals surface area contributed by atoms with E-state index >= 15 is 0 Å². The highest BCUT2D eigenvalue weighted by molar-refractivity contribution is 7.99. The molecule has 9 heteroatoms. The Hall–Kier alpha value is -1.64. The van der Waals surface area contributed by atoms with Crippen molar-refractivity contribution in [2.24, 2.45) is 0 Å². The zero-order chi connectivity index (χ0) is 13.2. The number of nitrogen functional groups attached to an aromatic ring is 1. The summed E-state index contributed by atoms with van der Waals surface area (Å²) in [6, 6.07) is 5.41. The fraction of sp³-hybridized carbons (Fsp3) is 0. The van der Waals surface area contributed by atoms with Crippen LogP contribution in [0.5, 0.6) is 0 Å². The number of hydrogen-bond donors (Lipinski definition) is 1. The summed E-state index contributed by atoms with van der Waals surface area (Å²) in [4.78, 5) is 8.71. The quantitative estimate of drug-likeness (QED) is 0.743. The van der Waals surface area contributed by atoms with Gasteiger partial charge in [0.2, 0.25) is 5.95 Å². The van der Waals surface area contributed by atoms with Crippen LogP contribution >= 0.6 is 34.7 Å². The van der Waals surface area contributed by atoms with E-state index < -0.39 is 0 Å². The van der Waals surface area contributed by atoms with E-state index in [9.17, 15) is 0 Å². The summed E-state index contributed by atoms with van der Waals surface area (Å²) in [7, 11) is 0. The standard InChI is InChI=1S/C10H6ClN5OS2/c11-6-4-7(14-9(12)13-6)19-10-16-15-8(17-10)5-2-1-3-18-5/h1-4H,(H2,12,13,14). The fourth-order valence-corrected chi connectivity index (χ4v) is 2.90. The summed E-state index contributed by atoms with van der Waals surface area (Å²) in [6.07, 6.45) is 0. The number of rotatable bonds is 3. The average molecular weight is 312 g/mol. The molecule has 0 atom stereocenters. The molecule has 0 saturated heterocycles. The van der Waals surface area contributed by atoms with Crippen LogP contribution in [0.15, 0.2) is 38.2 Å². The Labute approximate surface area is 121 Å². The van der Waals surface area contributed by atoms with Gasteiger partial charge in [-0.05, 0) is 23.2 Å². The molecule has 0 aromatic carbocycles. The monoisotopic (exact) mass is 311 g/mol. The van der Waals surface area contributed by atoms with Crippen LogP contribution in [0.2, 0.25) is 5.15 Å². The van der Waals surface area contributed by atoms with Crippen molar-refractivity contribution < 1.29 is 4.42 Å². The second-order valence-corrected chi connectivity index (χ2v) is 5.65. The average Bonchev–Trinajstić information content (AvgIpc) is 2.96. The lowest BCUT2D eigenvalue weighted by Gasteiger charge is -1.97. The van der Waals surface area contributed by atoms with E-state index in [0.29, 0.717) is 16.1 Å². The summed E-state index contributed by atoms with van der Waals surface area (Å²) in [5, 5.41) is 11.0. The zero-order valence-electron chi connectivity index (χ0n) is 9.28. The van der Waals surface area contributed by atoms with Crippen LogP contribution in [0.3, 0.4) is 0 Å².